The average molecular weight is 504 g/mol. The molecule has 1 aromatic heterocycles. The van der Waals surface area contributed by atoms with Gasteiger partial charge in [-0.15, -0.1) is 0 Å². The van der Waals surface area contributed by atoms with Crippen molar-refractivity contribution in [1.29, 1.82) is 0 Å². The molecule has 2 aromatic rings. The molecule has 8 nitrogen and oxygen atoms in total. The Balaban J connectivity index is 2.09. The number of sulfonamides is 1. The minimum atomic E-state index is -3.86. The van der Waals surface area contributed by atoms with E-state index in [1.807, 2.05) is 0 Å². The van der Waals surface area contributed by atoms with E-state index in [0.29, 0.717) is 17.3 Å². The van der Waals surface area contributed by atoms with E-state index in [9.17, 15) is 22.7 Å². The molecule has 3 rings (SSSR count). The van der Waals surface area contributed by atoms with Gasteiger partial charge in [-0.05, 0) is 44.4 Å². The van der Waals surface area contributed by atoms with Gasteiger partial charge in [0, 0.05) is 29.9 Å². The highest BCUT2D eigenvalue weighted by atomic mass is 79.9. The van der Waals surface area contributed by atoms with E-state index >= 15 is 0 Å². The third-order valence-corrected chi connectivity index (χ3v) is 7.89. The van der Waals surface area contributed by atoms with E-state index in [2.05, 4.69) is 26.0 Å². The normalized spacial score (nSPS) is 15.1. The number of aliphatic hydroxyl groups excluding tert-OH is 1. The number of halogens is 2. The Morgan fingerprint density at radius 2 is 2.03 bits per heavy atom. The van der Waals surface area contributed by atoms with Crippen molar-refractivity contribution in [3.63, 3.8) is 0 Å². The van der Waals surface area contributed by atoms with Crippen molar-refractivity contribution in [2.45, 2.75) is 37.7 Å². The van der Waals surface area contributed by atoms with Gasteiger partial charge in [-0.25, -0.2) is 12.8 Å². The minimum Gasteiger partial charge on any atom is -0.396 e. The maximum absolute atomic E-state index is 14.4. The Bertz CT molecular complexity index is 1120. The molecular formula is C19H23BrFN3O5S. The lowest BCUT2D eigenvalue weighted by Crippen LogP contribution is -2.32. The first kappa shape index (κ1) is 22.7. The highest BCUT2D eigenvalue weighted by molar-refractivity contribution is 9.10. The number of pyridine rings is 1. The summed E-state index contributed by atoms with van der Waals surface area (Å²) in [6.07, 6.45) is 2.31. The number of hydrogen-bond acceptors (Lipinski definition) is 6. The van der Waals surface area contributed by atoms with Gasteiger partial charge in [-0.1, -0.05) is 15.9 Å². The smallest absolute Gasteiger partial charge is 0.257 e. The van der Waals surface area contributed by atoms with Crippen LogP contribution in [0.3, 0.4) is 0 Å². The number of methoxy groups -OCH3 is 1. The number of aromatic nitrogens is 1. The second-order valence-electron chi connectivity index (χ2n) is 7.25. The first-order chi connectivity index (χ1) is 14.1. The average Bonchev–Trinajstić information content (AvgIpc) is 3.46. The summed E-state index contributed by atoms with van der Waals surface area (Å²) >= 11 is 3.19. The van der Waals surface area contributed by atoms with Gasteiger partial charge in [0.05, 0.1) is 21.8 Å². The minimum absolute atomic E-state index is 0.0802. The molecule has 0 spiro atoms. The maximum Gasteiger partial charge on any atom is 0.257 e. The lowest BCUT2D eigenvalue weighted by atomic mass is 10.2. The molecule has 1 heterocycles. The highest BCUT2D eigenvalue weighted by Gasteiger charge is 2.54. The third-order valence-electron chi connectivity index (χ3n) is 5.16. The topological polar surface area (TPSA) is 110 Å². The summed E-state index contributed by atoms with van der Waals surface area (Å²) in [5.41, 5.74) is 0.118. The van der Waals surface area contributed by atoms with Crippen molar-refractivity contribution < 1.29 is 22.7 Å². The molecule has 1 saturated carbocycles. The number of rotatable bonds is 9. The molecule has 0 atom stereocenters. The van der Waals surface area contributed by atoms with Crippen LogP contribution in [0.2, 0.25) is 0 Å². The molecule has 0 amide bonds. The molecule has 30 heavy (non-hydrogen) atoms. The van der Waals surface area contributed by atoms with Crippen LogP contribution in [0.15, 0.2) is 33.7 Å². The highest BCUT2D eigenvalue weighted by Crippen LogP contribution is 2.47. The Kier molecular flexibility index (Phi) is 6.56. The number of nitrogens with zero attached hydrogens (tertiary/aromatic N) is 1. The summed E-state index contributed by atoms with van der Waals surface area (Å²) in [6, 6.07) is 4.36. The van der Waals surface area contributed by atoms with E-state index in [1.54, 1.807) is 6.07 Å². The molecule has 1 fully saturated rings. The van der Waals surface area contributed by atoms with Crippen molar-refractivity contribution in [3.8, 4) is 0 Å². The van der Waals surface area contributed by atoms with Gasteiger partial charge >= 0.3 is 0 Å². The van der Waals surface area contributed by atoms with E-state index in [4.69, 9.17) is 4.74 Å². The summed E-state index contributed by atoms with van der Waals surface area (Å²) in [7, 11) is -2.45. The number of benzene rings is 1. The van der Waals surface area contributed by atoms with E-state index in [0.717, 1.165) is 0 Å². The van der Waals surface area contributed by atoms with Crippen LogP contribution in [-0.4, -0.2) is 36.6 Å². The summed E-state index contributed by atoms with van der Waals surface area (Å²) in [6.45, 7) is 1.19. The first-order valence-corrected chi connectivity index (χ1v) is 11.5. The Morgan fingerprint density at radius 1 is 1.33 bits per heavy atom. The van der Waals surface area contributed by atoms with Crippen molar-refractivity contribution in [3.05, 3.63) is 50.6 Å². The van der Waals surface area contributed by atoms with Crippen LogP contribution < -0.4 is 15.6 Å². The standard InChI is InChI=1S/C19H23BrFN3O5S/c1-12-17(22-15-4-3-13(20)9-14(15)21)16(10-24(11-29-2)18(12)26)23-30(27,28)19(5-6-19)7-8-25/h3-4,9-10,22-23,25H,5-8,11H2,1-2H3. The molecule has 164 valence electrons. The molecule has 3 N–H and O–H groups in total. The number of hydrogen-bond donors (Lipinski definition) is 3. The Hall–Kier alpha value is -1.95. The van der Waals surface area contributed by atoms with E-state index in [1.165, 1.54) is 36.9 Å². The van der Waals surface area contributed by atoms with Gasteiger partial charge in [0.1, 0.15) is 12.5 Å². The van der Waals surface area contributed by atoms with Gasteiger partial charge in [0.25, 0.3) is 5.56 Å². The monoisotopic (exact) mass is 503 g/mol. The first-order valence-electron chi connectivity index (χ1n) is 9.22. The molecule has 11 heteroatoms. The molecule has 0 bridgehead atoms. The lowest BCUT2D eigenvalue weighted by molar-refractivity contribution is 0.128. The predicted octanol–water partition coefficient (Wildman–Crippen LogP) is 3.06. The summed E-state index contributed by atoms with van der Waals surface area (Å²) in [4.78, 5) is 12.7. The second kappa shape index (κ2) is 8.66. The molecule has 0 radical (unpaired) electrons. The largest absolute Gasteiger partial charge is 0.396 e. The number of nitrogens with one attached hydrogen (secondary N) is 2. The quantitative estimate of drug-likeness (QED) is 0.485. The van der Waals surface area contributed by atoms with Crippen molar-refractivity contribution >= 4 is 43.0 Å². The SMILES string of the molecule is COCn1cc(NS(=O)(=O)C2(CCO)CC2)c(Nc2ccc(Br)cc2F)c(C)c1=O. The van der Waals surface area contributed by atoms with Crippen molar-refractivity contribution in [2.75, 3.05) is 23.8 Å². The summed E-state index contributed by atoms with van der Waals surface area (Å²) in [5, 5.41) is 12.1. The summed E-state index contributed by atoms with van der Waals surface area (Å²) in [5.74, 6) is -0.572. The lowest BCUT2D eigenvalue weighted by Gasteiger charge is -2.22. The second-order valence-corrected chi connectivity index (χ2v) is 10.2. The number of ether oxygens (including phenoxy) is 1. The zero-order valence-electron chi connectivity index (χ0n) is 16.5. The fraction of sp³-hybridized carbons (Fsp3) is 0.421. The van der Waals surface area contributed by atoms with Crippen LogP contribution in [0, 0.1) is 12.7 Å². The molecule has 0 saturated heterocycles. The zero-order valence-corrected chi connectivity index (χ0v) is 18.9. The van der Waals surface area contributed by atoms with Gasteiger partial charge < -0.3 is 15.2 Å². The van der Waals surface area contributed by atoms with Crippen molar-refractivity contribution in [2.24, 2.45) is 0 Å². The summed E-state index contributed by atoms with van der Waals surface area (Å²) < 4.78 is 48.7. The maximum atomic E-state index is 14.4. The molecule has 0 aliphatic heterocycles. The Morgan fingerprint density at radius 3 is 2.60 bits per heavy atom. The van der Waals surface area contributed by atoms with Crippen LogP contribution in [-0.2, 0) is 21.5 Å². The van der Waals surface area contributed by atoms with Crippen LogP contribution in [0.25, 0.3) is 0 Å². The number of aliphatic hydroxyl groups is 1. The van der Waals surface area contributed by atoms with Crippen molar-refractivity contribution in [1.82, 2.24) is 4.57 Å². The molecule has 1 aliphatic carbocycles. The fourth-order valence-corrected chi connectivity index (χ4v) is 5.25. The van der Waals surface area contributed by atoms with Gasteiger partial charge in [-0.2, -0.15) is 0 Å². The van der Waals surface area contributed by atoms with Crippen LogP contribution in [0.4, 0.5) is 21.5 Å². The van der Waals surface area contributed by atoms with Crippen LogP contribution in [0.1, 0.15) is 24.8 Å². The zero-order chi connectivity index (χ0) is 22.1. The van der Waals surface area contributed by atoms with Gasteiger partial charge in [0.2, 0.25) is 10.0 Å². The molecule has 1 aliphatic rings. The molecule has 0 unspecified atom stereocenters. The van der Waals surface area contributed by atoms with E-state index < -0.39 is 26.1 Å². The van der Waals surface area contributed by atoms with E-state index in [-0.39, 0.29) is 42.4 Å². The predicted molar refractivity (Wildman–Crippen MR) is 116 cm³/mol. The molecular weight excluding hydrogens is 481 g/mol. The van der Waals surface area contributed by atoms with Gasteiger partial charge in [-0.3, -0.25) is 14.1 Å². The van der Waals surface area contributed by atoms with Crippen LogP contribution in [0.5, 0.6) is 0 Å². The third kappa shape index (κ3) is 4.39. The van der Waals surface area contributed by atoms with Crippen LogP contribution >= 0.6 is 15.9 Å². The van der Waals surface area contributed by atoms with Gasteiger partial charge in [0.15, 0.2) is 0 Å². The Labute approximate surface area is 182 Å². The number of anilines is 3. The fourth-order valence-electron chi connectivity index (χ4n) is 3.25. The molecule has 1 aromatic carbocycles.